The lowest BCUT2D eigenvalue weighted by Crippen LogP contribution is -2.19. The lowest BCUT2D eigenvalue weighted by Gasteiger charge is -2.10. The zero-order valence-corrected chi connectivity index (χ0v) is 11.2. The van der Waals surface area contributed by atoms with Crippen LogP contribution in [-0.2, 0) is 6.42 Å². The number of aromatic amines is 1. The van der Waals surface area contributed by atoms with E-state index in [1.54, 1.807) is 0 Å². The third-order valence-corrected chi connectivity index (χ3v) is 2.95. The van der Waals surface area contributed by atoms with Crippen LogP contribution in [0.2, 0.25) is 0 Å². The number of hydrogen-bond donors (Lipinski definition) is 2. The van der Waals surface area contributed by atoms with E-state index in [0.717, 1.165) is 35.6 Å². The van der Waals surface area contributed by atoms with Gasteiger partial charge in [-0.15, -0.1) is 0 Å². The fourth-order valence-corrected chi connectivity index (χ4v) is 1.91. The standard InChI is InChI=1S/C11H15BrN4O/c1-8(9-4-5-10(12)17-9)13-6-2-3-11-14-7-15-16-11/h4-5,7-8,13H,2-3,6H2,1H3,(H,14,15,16). The Morgan fingerprint density at radius 1 is 1.53 bits per heavy atom. The van der Waals surface area contributed by atoms with Crippen molar-refractivity contribution in [2.24, 2.45) is 0 Å². The molecular weight excluding hydrogens is 284 g/mol. The van der Waals surface area contributed by atoms with Crippen molar-refractivity contribution >= 4 is 15.9 Å². The fraction of sp³-hybridized carbons (Fsp3) is 0.455. The van der Waals surface area contributed by atoms with Crippen molar-refractivity contribution in [1.82, 2.24) is 20.5 Å². The van der Waals surface area contributed by atoms with Crippen molar-refractivity contribution in [2.75, 3.05) is 6.54 Å². The Hall–Kier alpha value is -1.14. The Balaban J connectivity index is 1.68. The van der Waals surface area contributed by atoms with E-state index < -0.39 is 0 Å². The van der Waals surface area contributed by atoms with Crippen molar-refractivity contribution in [3.8, 4) is 0 Å². The molecule has 5 nitrogen and oxygen atoms in total. The minimum atomic E-state index is 0.219. The number of nitrogens with zero attached hydrogens (tertiary/aromatic N) is 2. The molecule has 6 heteroatoms. The normalized spacial score (nSPS) is 12.8. The fourth-order valence-electron chi connectivity index (χ4n) is 1.59. The summed E-state index contributed by atoms with van der Waals surface area (Å²) in [5.41, 5.74) is 0. The molecule has 2 heterocycles. The summed E-state index contributed by atoms with van der Waals surface area (Å²) in [7, 11) is 0. The summed E-state index contributed by atoms with van der Waals surface area (Å²) in [6.45, 7) is 3.00. The predicted octanol–water partition coefficient (Wildman–Crippen LogP) is 2.44. The monoisotopic (exact) mass is 298 g/mol. The Morgan fingerprint density at radius 2 is 2.41 bits per heavy atom. The van der Waals surface area contributed by atoms with Gasteiger partial charge in [0.25, 0.3) is 0 Å². The Kier molecular flexibility index (Phi) is 4.33. The molecule has 0 amide bonds. The van der Waals surface area contributed by atoms with Gasteiger partial charge in [0.1, 0.15) is 17.9 Å². The molecule has 1 atom stereocenters. The first-order chi connectivity index (χ1) is 8.25. The summed E-state index contributed by atoms with van der Waals surface area (Å²) >= 11 is 3.29. The van der Waals surface area contributed by atoms with Crippen LogP contribution in [0.25, 0.3) is 0 Å². The molecule has 1 unspecified atom stereocenters. The van der Waals surface area contributed by atoms with Crippen LogP contribution in [0.1, 0.15) is 31.0 Å². The molecule has 0 radical (unpaired) electrons. The summed E-state index contributed by atoms with van der Waals surface area (Å²) in [6.07, 6.45) is 3.45. The number of aromatic nitrogens is 3. The van der Waals surface area contributed by atoms with Crippen molar-refractivity contribution < 1.29 is 4.42 Å². The summed E-state index contributed by atoms with van der Waals surface area (Å²) in [5.74, 6) is 1.87. The van der Waals surface area contributed by atoms with Crippen LogP contribution >= 0.6 is 15.9 Å². The second kappa shape index (κ2) is 5.97. The number of nitrogens with one attached hydrogen (secondary N) is 2. The third-order valence-electron chi connectivity index (χ3n) is 2.53. The van der Waals surface area contributed by atoms with Crippen LogP contribution < -0.4 is 5.32 Å². The van der Waals surface area contributed by atoms with E-state index in [9.17, 15) is 0 Å². The topological polar surface area (TPSA) is 66.7 Å². The van der Waals surface area contributed by atoms with E-state index in [4.69, 9.17) is 4.42 Å². The highest BCUT2D eigenvalue weighted by Crippen LogP contribution is 2.19. The van der Waals surface area contributed by atoms with Crippen LogP contribution in [0.4, 0.5) is 0 Å². The van der Waals surface area contributed by atoms with Gasteiger partial charge in [0.15, 0.2) is 4.67 Å². The second-order valence-corrected chi connectivity index (χ2v) is 4.63. The molecule has 2 N–H and O–H groups in total. The largest absolute Gasteiger partial charge is 0.453 e. The maximum Gasteiger partial charge on any atom is 0.169 e. The molecule has 2 aromatic heterocycles. The van der Waals surface area contributed by atoms with Crippen molar-refractivity contribution in [3.05, 3.63) is 34.7 Å². The first-order valence-electron chi connectivity index (χ1n) is 5.58. The van der Waals surface area contributed by atoms with Gasteiger partial charge in [-0.05, 0) is 48.0 Å². The number of halogens is 1. The van der Waals surface area contributed by atoms with Gasteiger partial charge in [0.2, 0.25) is 0 Å². The highest BCUT2D eigenvalue weighted by molar-refractivity contribution is 9.10. The van der Waals surface area contributed by atoms with Gasteiger partial charge in [-0.1, -0.05) is 0 Å². The maximum atomic E-state index is 5.47. The molecule has 0 aliphatic carbocycles. The first-order valence-corrected chi connectivity index (χ1v) is 6.38. The number of furan rings is 1. The maximum absolute atomic E-state index is 5.47. The van der Waals surface area contributed by atoms with Crippen LogP contribution in [0.15, 0.2) is 27.5 Å². The van der Waals surface area contributed by atoms with Gasteiger partial charge in [-0.2, -0.15) is 5.10 Å². The molecule has 0 aliphatic rings. The van der Waals surface area contributed by atoms with Gasteiger partial charge in [0.05, 0.1) is 6.04 Å². The second-order valence-electron chi connectivity index (χ2n) is 3.85. The summed E-state index contributed by atoms with van der Waals surface area (Å²) in [5, 5.41) is 10.1. The number of aryl methyl sites for hydroxylation is 1. The summed E-state index contributed by atoms with van der Waals surface area (Å²) in [4.78, 5) is 4.08. The van der Waals surface area contributed by atoms with E-state index in [2.05, 4.69) is 43.4 Å². The van der Waals surface area contributed by atoms with Gasteiger partial charge in [-0.3, -0.25) is 5.10 Å². The van der Waals surface area contributed by atoms with Crippen LogP contribution in [0, 0.1) is 0 Å². The molecule has 0 spiro atoms. The Morgan fingerprint density at radius 3 is 3.06 bits per heavy atom. The van der Waals surface area contributed by atoms with E-state index in [1.807, 2.05) is 12.1 Å². The highest BCUT2D eigenvalue weighted by Gasteiger charge is 2.08. The van der Waals surface area contributed by atoms with Crippen LogP contribution in [0.3, 0.4) is 0 Å². The Bertz CT molecular complexity index is 440. The lowest BCUT2D eigenvalue weighted by atomic mass is 10.2. The minimum Gasteiger partial charge on any atom is -0.453 e. The highest BCUT2D eigenvalue weighted by atomic mass is 79.9. The van der Waals surface area contributed by atoms with Gasteiger partial charge in [-0.25, -0.2) is 4.98 Å². The third kappa shape index (κ3) is 3.67. The molecular formula is C11H15BrN4O. The minimum absolute atomic E-state index is 0.219. The van der Waals surface area contributed by atoms with Crippen molar-refractivity contribution in [3.63, 3.8) is 0 Å². The molecule has 17 heavy (non-hydrogen) atoms. The molecule has 2 rings (SSSR count). The molecule has 0 fully saturated rings. The lowest BCUT2D eigenvalue weighted by molar-refractivity contribution is 0.416. The predicted molar refractivity (Wildman–Crippen MR) is 67.5 cm³/mol. The zero-order chi connectivity index (χ0) is 12.1. The van der Waals surface area contributed by atoms with Crippen molar-refractivity contribution in [1.29, 1.82) is 0 Å². The van der Waals surface area contributed by atoms with Crippen LogP contribution in [0.5, 0.6) is 0 Å². The van der Waals surface area contributed by atoms with E-state index in [0.29, 0.717) is 0 Å². The SMILES string of the molecule is CC(NCCCc1ncn[nH]1)c1ccc(Br)o1. The number of H-pyrrole nitrogens is 1. The summed E-state index contributed by atoms with van der Waals surface area (Å²) < 4.78 is 6.24. The summed E-state index contributed by atoms with van der Waals surface area (Å²) in [6, 6.07) is 4.09. The number of hydrogen-bond acceptors (Lipinski definition) is 4. The molecule has 0 aromatic carbocycles. The van der Waals surface area contributed by atoms with E-state index in [1.165, 1.54) is 6.33 Å². The van der Waals surface area contributed by atoms with E-state index >= 15 is 0 Å². The average Bonchev–Trinajstić information content (AvgIpc) is 2.95. The zero-order valence-electron chi connectivity index (χ0n) is 9.61. The van der Waals surface area contributed by atoms with Crippen molar-refractivity contribution in [2.45, 2.75) is 25.8 Å². The Labute approximate surface area is 108 Å². The van der Waals surface area contributed by atoms with E-state index in [-0.39, 0.29) is 6.04 Å². The van der Waals surface area contributed by atoms with Gasteiger partial charge >= 0.3 is 0 Å². The smallest absolute Gasteiger partial charge is 0.169 e. The van der Waals surface area contributed by atoms with Crippen LogP contribution in [-0.4, -0.2) is 21.7 Å². The number of rotatable bonds is 6. The molecule has 0 saturated carbocycles. The molecule has 0 aliphatic heterocycles. The first kappa shape index (κ1) is 12.3. The molecule has 0 bridgehead atoms. The van der Waals surface area contributed by atoms with Gasteiger partial charge < -0.3 is 9.73 Å². The molecule has 0 saturated heterocycles. The average molecular weight is 299 g/mol. The molecule has 2 aromatic rings. The van der Waals surface area contributed by atoms with Gasteiger partial charge in [0, 0.05) is 6.42 Å². The molecule has 92 valence electrons. The quantitative estimate of drug-likeness (QED) is 0.804.